The van der Waals surface area contributed by atoms with Gasteiger partial charge in [-0.3, -0.25) is 0 Å². The second-order valence-corrected chi connectivity index (χ2v) is 4.39. The van der Waals surface area contributed by atoms with Crippen LogP contribution in [0.2, 0.25) is 0 Å². The summed E-state index contributed by atoms with van der Waals surface area (Å²) in [4.78, 5) is 0. The van der Waals surface area contributed by atoms with Gasteiger partial charge in [0.05, 0.1) is 0 Å². The normalized spacial score (nSPS) is 13.2. The number of hydrogen-bond acceptors (Lipinski definition) is 1. The van der Waals surface area contributed by atoms with Crippen LogP contribution in [-0.4, -0.2) is 6.54 Å². The van der Waals surface area contributed by atoms with Gasteiger partial charge >= 0.3 is 0 Å². The van der Waals surface area contributed by atoms with E-state index in [-0.39, 0.29) is 0 Å². The predicted molar refractivity (Wildman–Crippen MR) is 71.8 cm³/mol. The Morgan fingerprint density at radius 3 is 2.69 bits per heavy atom. The molecule has 0 heterocycles. The van der Waals surface area contributed by atoms with Crippen molar-refractivity contribution in [2.75, 3.05) is 6.54 Å². The molecule has 88 valence electrons. The highest BCUT2D eigenvalue weighted by Crippen LogP contribution is 2.18. The minimum atomic E-state index is 0.436. The quantitative estimate of drug-likeness (QED) is 0.582. The molecule has 1 aromatic rings. The molecule has 1 rings (SSSR count). The zero-order valence-corrected chi connectivity index (χ0v) is 10.9. The van der Waals surface area contributed by atoms with Crippen LogP contribution in [0.15, 0.2) is 30.4 Å². The van der Waals surface area contributed by atoms with Gasteiger partial charge < -0.3 is 5.32 Å². The highest BCUT2D eigenvalue weighted by atomic mass is 14.9. The van der Waals surface area contributed by atoms with E-state index in [1.165, 1.54) is 16.7 Å². The maximum atomic E-state index is 3.54. The van der Waals surface area contributed by atoms with Gasteiger partial charge in [-0.15, -0.1) is 0 Å². The summed E-state index contributed by atoms with van der Waals surface area (Å²) in [6.07, 6.45) is 5.40. The molecule has 1 unspecified atom stereocenters. The Labute approximate surface area is 99.6 Å². The maximum absolute atomic E-state index is 3.54. The molecule has 0 saturated carbocycles. The van der Waals surface area contributed by atoms with Gasteiger partial charge in [-0.1, -0.05) is 35.9 Å². The van der Waals surface area contributed by atoms with Crippen molar-refractivity contribution >= 4 is 0 Å². The zero-order chi connectivity index (χ0) is 12.0. The van der Waals surface area contributed by atoms with E-state index >= 15 is 0 Å². The van der Waals surface area contributed by atoms with Crippen molar-refractivity contribution in [3.63, 3.8) is 0 Å². The fraction of sp³-hybridized carbons (Fsp3) is 0.467. The third kappa shape index (κ3) is 3.82. The van der Waals surface area contributed by atoms with Gasteiger partial charge in [0.15, 0.2) is 0 Å². The van der Waals surface area contributed by atoms with Crippen molar-refractivity contribution in [2.45, 2.75) is 40.2 Å². The summed E-state index contributed by atoms with van der Waals surface area (Å²) >= 11 is 0. The summed E-state index contributed by atoms with van der Waals surface area (Å²) in [5, 5.41) is 3.54. The monoisotopic (exact) mass is 217 g/mol. The molecule has 0 aliphatic carbocycles. The highest BCUT2D eigenvalue weighted by Gasteiger charge is 2.06. The van der Waals surface area contributed by atoms with E-state index in [0.717, 1.165) is 13.0 Å². The topological polar surface area (TPSA) is 12.0 Å². The van der Waals surface area contributed by atoms with Crippen molar-refractivity contribution in [3.8, 4) is 0 Å². The van der Waals surface area contributed by atoms with Crippen LogP contribution in [0.1, 0.15) is 43.0 Å². The largest absolute Gasteiger partial charge is 0.310 e. The molecule has 0 fully saturated rings. The average Bonchev–Trinajstić information content (AvgIpc) is 2.24. The number of hydrogen-bond donors (Lipinski definition) is 1. The molecule has 16 heavy (non-hydrogen) atoms. The molecule has 1 aromatic carbocycles. The molecular formula is C15H23N. The molecule has 0 spiro atoms. The minimum absolute atomic E-state index is 0.436. The highest BCUT2D eigenvalue weighted by molar-refractivity contribution is 5.32. The zero-order valence-electron chi connectivity index (χ0n) is 10.9. The summed E-state index contributed by atoms with van der Waals surface area (Å²) in [5.74, 6) is 0. The van der Waals surface area contributed by atoms with Crippen molar-refractivity contribution in [2.24, 2.45) is 0 Å². The first-order valence-corrected chi connectivity index (χ1v) is 6.07. The van der Waals surface area contributed by atoms with Crippen LogP contribution < -0.4 is 5.32 Å². The Morgan fingerprint density at radius 1 is 1.31 bits per heavy atom. The van der Waals surface area contributed by atoms with Crippen LogP contribution in [0.5, 0.6) is 0 Å². The molecule has 0 saturated heterocycles. The van der Waals surface area contributed by atoms with Crippen molar-refractivity contribution in [1.29, 1.82) is 0 Å². The molecule has 1 N–H and O–H groups in total. The smallest absolute Gasteiger partial charge is 0.0294 e. The lowest BCUT2D eigenvalue weighted by Gasteiger charge is -2.16. The van der Waals surface area contributed by atoms with Crippen molar-refractivity contribution < 1.29 is 0 Å². The van der Waals surface area contributed by atoms with Gasteiger partial charge in [0, 0.05) is 6.04 Å². The summed E-state index contributed by atoms with van der Waals surface area (Å²) < 4.78 is 0. The van der Waals surface area contributed by atoms with Gasteiger partial charge in [-0.25, -0.2) is 0 Å². The van der Waals surface area contributed by atoms with E-state index in [4.69, 9.17) is 0 Å². The Balaban J connectivity index is 2.55. The number of benzene rings is 1. The first-order valence-electron chi connectivity index (χ1n) is 6.07. The molecule has 0 aromatic heterocycles. The fourth-order valence-corrected chi connectivity index (χ4v) is 1.97. The first kappa shape index (κ1) is 13.0. The lowest BCUT2D eigenvalue weighted by molar-refractivity contribution is 0.578. The van der Waals surface area contributed by atoms with E-state index in [2.05, 4.69) is 63.4 Å². The molecule has 0 amide bonds. The summed E-state index contributed by atoms with van der Waals surface area (Å²) in [6, 6.07) is 7.11. The molecule has 1 nitrogen and oxygen atoms in total. The number of allylic oxidation sites excluding steroid dienone is 1. The Morgan fingerprint density at radius 2 is 2.06 bits per heavy atom. The van der Waals surface area contributed by atoms with Crippen LogP contribution in [0.25, 0.3) is 0 Å². The first-order chi connectivity index (χ1) is 7.65. The molecule has 0 aliphatic heterocycles. The Hall–Kier alpha value is -1.08. The van der Waals surface area contributed by atoms with E-state index < -0.39 is 0 Å². The number of aryl methyl sites for hydroxylation is 2. The second-order valence-electron chi connectivity index (χ2n) is 4.39. The molecule has 0 radical (unpaired) electrons. The van der Waals surface area contributed by atoms with Crippen LogP contribution >= 0.6 is 0 Å². The van der Waals surface area contributed by atoms with Gasteiger partial charge in [0.2, 0.25) is 0 Å². The molecule has 0 aliphatic rings. The van der Waals surface area contributed by atoms with Gasteiger partial charge in [-0.05, 0) is 51.8 Å². The molecule has 1 atom stereocenters. The summed E-state index contributed by atoms with van der Waals surface area (Å²) in [7, 11) is 0. The average molecular weight is 217 g/mol. The van der Waals surface area contributed by atoms with E-state index in [9.17, 15) is 0 Å². The Bertz CT molecular complexity index is 352. The third-order valence-electron chi connectivity index (χ3n) is 2.89. The van der Waals surface area contributed by atoms with Crippen LogP contribution in [-0.2, 0) is 0 Å². The second kappa shape index (κ2) is 6.49. The van der Waals surface area contributed by atoms with Crippen LogP contribution in [0.3, 0.4) is 0 Å². The summed E-state index contributed by atoms with van der Waals surface area (Å²) in [5.41, 5.74) is 4.12. The van der Waals surface area contributed by atoms with Crippen molar-refractivity contribution in [1.82, 2.24) is 5.32 Å². The van der Waals surface area contributed by atoms with Gasteiger partial charge in [0.1, 0.15) is 0 Å². The lowest BCUT2D eigenvalue weighted by atomic mass is 10.0. The number of rotatable bonds is 5. The van der Waals surface area contributed by atoms with Gasteiger partial charge in [-0.2, -0.15) is 0 Å². The lowest BCUT2D eigenvalue weighted by Crippen LogP contribution is -2.20. The standard InChI is InChI=1S/C15H23N/c1-5-6-7-10-16-14(4)15-9-8-12(2)11-13(15)3/h5-6,8-9,11,14,16H,7,10H2,1-4H3/b6-5+. The molecule has 0 bridgehead atoms. The maximum Gasteiger partial charge on any atom is 0.0294 e. The van der Waals surface area contributed by atoms with E-state index in [0.29, 0.717) is 6.04 Å². The molecular weight excluding hydrogens is 194 g/mol. The van der Waals surface area contributed by atoms with Gasteiger partial charge in [0.25, 0.3) is 0 Å². The number of nitrogens with one attached hydrogen (secondary N) is 1. The molecule has 1 heteroatoms. The van der Waals surface area contributed by atoms with E-state index in [1.54, 1.807) is 0 Å². The SMILES string of the molecule is C/C=C/CCNC(C)c1ccc(C)cc1C. The predicted octanol–water partition coefficient (Wildman–Crippen LogP) is 3.92. The van der Waals surface area contributed by atoms with E-state index in [1.807, 2.05) is 0 Å². The summed E-state index contributed by atoms with van der Waals surface area (Å²) in [6.45, 7) is 9.66. The fourth-order valence-electron chi connectivity index (χ4n) is 1.97. The van der Waals surface area contributed by atoms with Crippen LogP contribution in [0.4, 0.5) is 0 Å². The minimum Gasteiger partial charge on any atom is -0.310 e. The van der Waals surface area contributed by atoms with Crippen molar-refractivity contribution in [3.05, 3.63) is 47.0 Å². The third-order valence-corrected chi connectivity index (χ3v) is 2.89. The Kier molecular flexibility index (Phi) is 5.27. The van der Waals surface area contributed by atoms with Crippen LogP contribution in [0, 0.1) is 13.8 Å².